The van der Waals surface area contributed by atoms with Crippen LogP contribution in [0.2, 0.25) is 0 Å². The van der Waals surface area contributed by atoms with Crippen LogP contribution in [0.15, 0.2) is 18.2 Å². The van der Waals surface area contributed by atoms with E-state index in [1.165, 1.54) is 6.07 Å². The van der Waals surface area contributed by atoms with Gasteiger partial charge in [0.05, 0.1) is 6.61 Å². The van der Waals surface area contributed by atoms with Crippen LogP contribution in [0.4, 0.5) is 0 Å². The summed E-state index contributed by atoms with van der Waals surface area (Å²) in [6, 6.07) is 4.70. The molecule has 11 heavy (non-hydrogen) atoms. The van der Waals surface area contributed by atoms with E-state index < -0.39 is 0 Å². The lowest BCUT2D eigenvalue weighted by Gasteiger charge is -2.01. The fraction of sp³-hybridized carbons (Fsp3) is 0.143. The lowest BCUT2D eigenvalue weighted by Crippen LogP contribution is -1.83. The fourth-order valence-corrected chi connectivity index (χ4v) is 1.07. The maximum Gasteiger partial charge on any atom is 0.192 e. The third-order valence-electron chi connectivity index (χ3n) is 1.29. The summed E-state index contributed by atoms with van der Waals surface area (Å²) < 4.78 is 4.80. The van der Waals surface area contributed by atoms with E-state index in [0.29, 0.717) is 5.75 Å². The number of halogens is 1. The van der Waals surface area contributed by atoms with Gasteiger partial charge in [-0.05, 0) is 17.7 Å². The molecule has 0 saturated heterocycles. The van der Waals surface area contributed by atoms with Crippen LogP contribution in [0.1, 0.15) is 5.56 Å². The first-order chi connectivity index (χ1) is 5.27. The molecule has 0 amide bonds. The fourth-order valence-electron chi connectivity index (χ4n) is 0.719. The molecule has 4 heteroatoms. The predicted octanol–water partition coefficient (Wildman–Crippen LogP) is 1.61. The second-order valence-corrected chi connectivity index (χ2v) is 2.48. The average molecular weight is 266 g/mol. The molecule has 0 spiro atoms. The number of phenols is 1. The largest absolute Gasteiger partial charge is 0.504 e. The van der Waals surface area contributed by atoms with Gasteiger partial charge in [0, 0.05) is 0 Å². The second kappa shape index (κ2) is 3.77. The lowest BCUT2D eigenvalue weighted by atomic mass is 10.2. The van der Waals surface area contributed by atoms with Crippen molar-refractivity contribution in [3.05, 3.63) is 23.8 Å². The van der Waals surface area contributed by atoms with Crippen LogP contribution < -0.4 is 3.07 Å². The zero-order valence-corrected chi connectivity index (χ0v) is 7.78. The summed E-state index contributed by atoms with van der Waals surface area (Å²) in [5.74, 6) is 0.453. The monoisotopic (exact) mass is 266 g/mol. The number of rotatable bonds is 2. The molecule has 3 nitrogen and oxygen atoms in total. The highest BCUT2D eigenvalue weighted by molar-refractivity contribution is 14.1. The van der Waals surface area contributed by atoms with Gasteiger partial charge in [-0.3, -0.25) is 0 Å². The summed E-state index contributed by atoms with van der Waals surface area (Å²) in [5, 5.41) is 17.8. The number of aromatic hydroxyl groups is 1. The zero-order chi connectivity index (χ0) is 8.27. The van der Waals surface area contributed by atoms with Gasteiger partial charge >= 0.3 is 0 Å². The van der Waals surface area contributed by atoms with Gasteiger partial charge in [-0.1, -0.05) is 6.07 Å². The maximum absolute atomic E-state index is 9.12. The van der Waals surface area contributed by atoms with Gasteiger partial charge in [-0.25, -0.2) is 0 Å². The molecule has 0 aliphatic heterocycles. The molecule has 0 saturated carbocycles. The van der Waals surface area contributed by atoms with Crippen LogP contribution in [0.25, 0.3) is 0 Å². The molecule has 1 rings (SSSR count). The minimum Gasteiger partial charge on any atom is -0.504 e. The molecule has 0 heterocycles. The third kappa shape index (κ3) is 1.97. The average Bonchev–Trinajstić information content (AvgIpc) is 2.05. The molecule has 0 radical (unpaired) electrons. The summed E-state index contributed by atoms with van der Waals surface area (Å²) in [6.07, 6.45) is 0. The molecular weight excluding hydrogens is 259 g/mol. The highest BCUT2D eigenvalue weighted by Crippen LogP contribution is 2.28. The van der Waals surface area contributed by atoms with Gasteiger partial charge in [0.15, 0.2) is 34.5 Å². The van der Waals surface area contributed by atoms with E-state index in [-0.39, 0.29) is 12.4 Å². The molecule has 0 atom stereocenters. The van der Waals surface area contributed by atoms with Gasteiger partial charge < -0.3 is 13.3 Å². The minimum absolute atomic E-state index is 0.0483. The van der Waals surface area contributed by atoms with E-state index in [0.717, 1.165) is 5.56 Å². The van der Waals surface area contributed by atoms with Crippen molar-refractivity contribution in [2.75, 3.05) is 0 Å². The van der Waals surface area contributed by atoms with Gasteiger partial charge in [-0.2, -0.15) is 0 Å². The number of hydrogen-bond donors (Lipinski definition) is 2. The number of aliphatic hydroxyl groups is 1. The molecule has 0 aliphatic rings. The molecule has 60 valence electrons. The van der Waals surface area contributed by atoms with Crippen LogP contribution >= 0.6 is 23.0 Å². The third-order valence-corrected chi connectivity index (χ3v) is 1.76. The Bertz CT molecular complexity index is 249. The van der Waals surface area contributed by atoms with Crippen molar-refractivity contribution >= 4 is 23.0 Å². The van der Waals surface area contributed by atoms with E-state index in [1.54, 1.807) is 35.1 Å². The van der Waals surface area contributed by atoms with Crippen LogP contribution in [0.3, 0.4) is 0 Å². The number of hydrogen-bond acceptors (Lipinski definition) is 3. The summed E-state index contributed by atoms with van der Waals surface area (Å²) >= 11 is 1.67. The summed E-state index contributed by atoms with van der Waals surface area (Å²) in [5.41, 5.74) is 0.717. The topological polar surface area (TPSA) is 49.7 Å². The van der Waals surface area contributed by atoms with Crippen LogP contribution in [-0.2, 0) is 6.61 Å². The van der Waals surface area contributed by atoms with Gasteiger partial charge in [0.25, 0.3) is 0 Å². The number of phenolic OH excluding ortho intramolecular Hbond substituents is 1. The molecule has 0 fully saturated rings. The van der Waals surface area contributed by atoms with Crippen LogP contribution in [-0.4, -0.2) is 10.2 Å². The Hall–Kier alpha value is -0.490. The molecule has 0 aliphatic carbocycles. The molecule has 2 N–H and O–H groups in total. The van der Waals surface area contributed by atoms with Crippen LogP contribution in [0.5, 0.6) is 11.5 Å². The number of benzene rings is 1. The molecule has 1 aromatic carbocycles. The minimum atomic E-state index is -0.0483. The first kappa shape index (κ1) is 8.61. The van der Waals surface area contributed by atoms with Crippen molar-refractivity contribution < 1.29 is 13.3 Å². The van der Waals surface area contributed by atoms with Crippen molar-refractivity contribution in [1.82, 2.24) is 0 Å². The second-order valence-electron chi connectivity index (χ2n) is 2.04. The maximum atomic E-state index is 9.12. The van der Waals surface area contributed by atoms with E-state index >= 15 is 0 Å². The van der Waals surface area contributed by atoms with Gasteiger partial charge in [0.2, 0.25) is 0 Å². The highest BCUT2D eigenvalue weighted by Gasteiger charge is 2.01. The quantitative estimate of drug-likeness (QED) is 0.799. The van der Waals surface area contributed by atoms with Crippen molar-refractivity contribution in [2.24, 2.45) is 0 Å². The Kier molecular flexibility index (Phi) is 2.95. The molecule has 1 aromatic rings. The zero-order valence-electron chi connectivity index (χ0n) is 5.62. The molecular formula is C7H7IO3. The van der Waals surface area contributed by atoms with Crippen molar-refractivity contribution in [2.45, 2.75) is 6.61 Å². The van der Waals surface area contributed by atoms with E-state index in [9.17, 15) is 0 Å². The normalized spacial score (nSPS) is 9.64. The van der Waals surface area contributed by atoms with Crippen molar-refractivity contribution in [3.63, 3.8) is 0 Å². The Morgan fingerprint density at radius 2 is 2.18 bits per heavy atom. The summed E-state index contributed by atoms with van der Waals surface area (Å²) in [6.45, 7) is -0.0483. The van der Waals surface area contributed by atoms with E-state index in [1.807, 2.05) is 0 Å². The molecule has 0 bridgehead atoms. The first-order valence-corrected chi connectivity index (χ1v) is 3.87. The van der Waals surface area contributed by atoms with Gasteiger partial charge in [-0.15, -0.1) is 0 Å². The van der Waals surface area contributed by atoms with Crippen molar-refractivity contribution in [3.8, 4) is 11.5 Å². The number of aliphatic hydroxyl groups excluding tert-OH is 1. The predicted molar refractivity (Wildman–Crippen MR) is 48.7 cm³/mol. The van der Waals surface area contributed by atoms with Crippen LogP contribution in [0, 0.1) is 0 Å². The first-order valence-electron chi connectivity index (χ1n) is 2.99. The molecule has 0 aromatic heterocycles. The van der Waals surface area contributed by atoms with Crippen molar-refractivity contribution in [1.29, 1.82) is 0 Å². The summed E-state index contributed by atoms with van der Waals surface area (Å²) in [7, 11) is 0. The Morgan fingerprint density at radius 1 is 1.45 bits per heavy atom. The van der Waals surface area contributed by atoms with E-state index in [2.05, 4.69) is 0 Å². The smallest absolute Gasteiger partial charge is 0.192 e. The van der Waals surface area contributed by atoms with E-state index in [4.69, 9.17) is 13.3 Å². The summed E-state index contributed by atoms with van der Waals surface area (Å²) in [4.78, 5) is 0. The molecule has 0 unspecified atom stereocenters. The lowest BCUT2D eigenvalue weighted by molar-refractivity contribution is 0.281. The Labute approximate surface area is 78.3 Å². The Balaban J connectivity index is 3.02. The standard InChI is InChI=1S/C7H7IO3/c8-11-7-3-5(4-9)1-2-6(7)10/h1-3,9-10H,4H2. The SMILES string of the molecule is OCc1ccc(O)c(OI)c1. The van der Waals surface area contributed by atoms with Gasteiger partial charge in [0.1, 0.15) is 0 Å². The Morgan fingerprint density at radius 3 is 2.73 bits per heavy atom. The highest BCUT2D eigenvalue weighted by atomic mass is 127.